The summed E-state index contributed by atoms with van der Waals surface area (Å²) in [7, 11) is 0. The number of nitrogens with one attached hydrogen (secondary N) is 1. The van der Waals surface area contributed by atoms with Crippen molar-refractivity contribution in [3.8, 4) is 17.3 Å². The van der Waals surface area contributed by atoms with Gasteiger partial charge in [0.15, 0.2) is 11.4 Å². The molecule has 0 saturated carbocycles. The van der Waals surface area contributed by atoms with Gasteiger partial charge in [-0.3, -0.25) is 4.79 Å². The predicted octanol–water partition coefficient (Wildman–Crippen LogP) is 5.17. The number of carbonyl (C=O) groups excluding carboxylic acids is 1. The minimum absolute atomic E-state index is 0.102. The van der Waals surface area contributed by atoms with Gasteiger partial charge in [0.05, 0.1) is 17.6 Å². The van der Waals surface area contributed by atoms with Crippen LogP contribution in [0.25, 0.3) is 5.69 Å². The van der Waals surface area contributed by atoms with Gasteiger partial charge in [-0.2, -0.15) is 13.2 Å². The molecule has 0 atom stereocenters. The summed E-state index contributed by atoms with van der Waals surface area (Å²) >= 11 is 0. The lowest BCUT2D eigenvalue weighted by molar-refractivity contribution is -0.143. The number of carbonyl (C=O) groups is 1. The summed E-state index contributed by atoms with van der Waals surface area (Å²) in [5.41, 5.74) is -1.25. The van der Waals surface area contributed by atoms with Gasteiger partial charge in [-0.1, -0.05) is 22.9 Å². The van der Waals surface area contributed by atoms with Crippen LogP contribution in [-0.4, -0.2) is 25.9 Å². The van der Waals surface area contributed by atoms with Crippen LogP contribution in [0, 0.1) is 12.7 Å². The number of hydrogen-bond acceptors (Lipinski definition) is 5. The molecular formula is C22H15F4N5O2. The highest BCUT2D eigenvalue weighted by atomic mass is 19.4. The average Bonchev–Trinajstić information content (AvgIpc) is 3.23. The molecule has 2 heterocycles. The highest BCUT2D eigenvalue weighted by molar-refractivity contribution is 6.03. The second kappa shape index (κ2) is 8.69. The molecule has 0 spiro atoms. The van der Waals surface area contributed by atoms with Crippen LogP contribution in [0.3, 0.4) is 0 Å². The van der Waals surface area contributed by atoms with Gasteiger partial charge in [0.2, 0.25) is 5.88 Å². The van der Waals surface area contributed by atoms with Crippen molar-refractivity contribution in [3.63, 3.8) is 0 Å². The molecule has 1 N–H and O–H groups in total. The van der Waals surface area contributed by atoms with E-state index in [0.29, 0.717) is 10.4 Å². The SMILES string of the molecule is Cc1ccc(Oc2ccc(NC(=O)c3nnn(-c4ccc(F)cc4)c3C(F)(F)F)cn2)cc1. The van der Waals surface area contributed by atoms with Gasteiger partial charge < -0.3 is 10.1 Å². The Morgan fingerprint density at radius 2 is 1.70 bits per heavy atom. The molecular weight excluding hydrogens is 442 g/mol. The monoisotopic (exact) mass is 457 g/mol. The number of alkyl halides is 3. The fourth-order valence-corrected chi connectivity index (χ4v) is 2.88. The topological polar surface area (TPSA) is 81.9 Å². The highest BCUT2D eigenvalue weighted by Crippen LogP contribution is 2.33. The van der Waals surface area contributed by atoms with Crippen molar-refractivity contribution in [1.29, 1.82) is 0 Å². The summed E-state index contributed by atoms with van der Waals surface area (Å²) in [6.07, 6.45) is -3.71. The first-order chi connectivity index (χ1) is 15.7. The van der Waals surface area contributed by atoms with E-state index >= 15 is 0 Å². The molecule has 7 nitrogen and oxygen atoms in total. The second-order valence-electron chi connectivity index (χ2n) is 6.93. The predicted molar refractivity (Wildman–Crippen MR) is 110 cm³/mol. The summed E-state index contributed by atoms with van der Waals surface area (Å²) in [5.74, 6) is -0.982. The molecule has 0 bridgehead atoms. The maximum Gasteiger partial charge on any atom is 0.435 e. The minimum Gasteiger partial charge on any atom is -0.439 e. The number of nitrogens with zero attached hydrogens (tertiary/aromatic N) is 4. The van der Waals surface area contributed by atoms with Crippen molar-refractivity contribution in [2.24, 2.45) is 0 Å². The Hall–Kier alpha value is -4.28. The molecule has 33 heavy (non-hydrogen) atoms. The average molecular weight is 457 g/mol. The lowest BCUT2D eigenvalue weighted by atomic mass is 10.2. The van der Waals surface area contributed by atoms with Gasteiger partial charge in [-0.05, 0) is 49.4 Å². The standard InChI is InChI=1S/C22H15F4N5O2/c1-13-2-9-17(10-3-13)33-18-11-6-15(12-27-18)28-21(32)19-20(22(24,25)26)31(30-29-19)16-7-4-14(23)5-8-16/h2-12H,1H3,(H,28,32). The van der Waals surface area contributed by atoms with Crippen molar-refractivity contribution in [2.75, 3.05) is 5.32 Å². The molecule has 168 valence electrons. The number of benzene rings is 2. The number of amides is 1. The fraction of sp³-hybridized carbons (Fsp3) is 0.0909. The Morgan fingerprint density at radius 1 is 1.00 bits per heavy atom. The first-order valence-electron chi connectivity index (χ1n) is 9.51. The van der Waals surface area contributed by atoms with E-state index in [1.54, 1.807) is 12.1 Å². The van der Waals surface area contributed by atoms with E-state index in [2.05, 4.69) is 20.6 Å². The number of anilines is 1. The molecule has 0 fully saturated rings. The normalized spacial score (nSPS) is 11.3. The van der Waals surface area contributed by atoms with Crippen molar-refractivity contribution < 1.29 is 27.1 Å². The molecule has 0 saturated heterocycles. The number of pyridine rings is 1. The molecule has 4 aromatic rings. The maximum atomic E-state index is 13.7. The van der Waals surface area contributed by atoms with Crippen LogP contribution >= 0.6 is 0 Å². The molecule has 2 aromatic heterocycles. The zero-order valence-electron chi connectivity index (χ0n) is 17.0. The van der Waals surface area contributed by atoms with Crippen molar-refractivity contribution in [3.05, 3.63) is 89.6 Å². The summed E-state index contributed by atoms with van der Waals surface area (Å²) in [6, 6.07) is 14.3. The zero-order chi connectivity index (χ0) is 23.6. The maximum absolute atomic E-state index is 13.7. The number of hydrogen-bond donors (Lipinski definition) is 1. The van der Waals surface area contributed by atoms with Crippen LogP contribution < -0.4 is 10.1 Å². The lowest BCUT2D eigenvalue weighted by Gasteiger charge is -2.11. The number of rotatable bonds is 5. The first kappa shape index (κ1) is 21.9. The quantitative estimate of drug-likeness (QED) is 0.418. The smallest absolute Gasteiger partial charge is 0.435 e. The van der Waals surface area contributed by atoms with Gasteiger partial charge in [-0.25, -0.2) is 14.1 Å². The van der Waals surface area contributed by atoms with Crippen molar-refractivity contribution in [1.82, 2.24) is 20.0 Å². The number of aromatic nitrogens is 4. The summed E-state index contributed by atoms with van der Waals surface area (Å²) < 4.78 is 60.3. The molecule has 11 heteroatoms. The van der Waals surface area contributed by atoms with E-state index in [-0.39, 0.29) is 17.3 Å². The van der Waals surface area contributed by atoms with Crippen LogP contribution in [0.15, 0.2) is 66.9 Å². The number of aryl methyl sites for hydroxylation is 1. The summed E-state index contributed by atoms with van der Waals surface area (Å²) in [6.45, 7) is 1.93. The molecule has 0 aliphatic heterocycles. The lowest BCUT2D eigenvalue weighted by Crippen LogP contribution is -2.21. The van der Waals surface area contributed by atoms with Crippen LogP contribution in [-0.2, 0) is 6.18 Å². The highest BCUT2D eigenvalue weighted by Gasteiger charge is 2.42. The molecule has 0 radical (unpaired) electrons. The Morgan fingerprint density at radius 3 is 2.30 bits per heavy atom. The third-order valence-corrected chi connectivity index (χ3v) is 4.46. The van der Waals surface area contributed by atoms with Gasteiger partial charge in [0, 0.05) is 6.07 Å². The molecule has 0 aliphatic carbocycles. The molecule has 0 aliphatic rings. The molecule has 2 aromatic carbocycles. The number of ether oxygens (including phenoxy) is 1. The minimum atomic E-state index is -4.95. The molecule has 0 unspecified atom stereocenters. The fourth-order valence-electron chi connectivity index (χ4n) is 2.88. The Kier molecular flexibility index (Phi) is 5.78. The van der Waals surface area contributed by atoms with Crippen LogP contribution in [0.1, 0.15) is 21.7 Å². The summed E-state index contributed by atoms with van der Waals surface area (Å²) in [5, 5.41) is 9.15. The number of halogens is 4. The van der Waals surface area contributed by atoms with Crippen LogP contribution in [0.2, 0.25) is 0 Å². The first-order valence-corrected chi connectivity index (χ1v) is 9.51. The van der Waals surface area contributed by atoms with Gasteiger partial charge in [-0.15, -0.1) is 5.10 Å². The Balaban J connectivity index is 1.54. The second-order valence-corrected chi connectivity index (χ2v) is 6.93. The van der Waals surface area contributed by atoms with E-state index in [0.717, 1.165) is 29.8 Å². The van der Waals surface area contributed by atoms with Gasteiger partial charge in [0.1, 0.15) is 11.6 Å². The van der Waals surface area contributed by atoms with E-state index < -0.39 is 29.3 Å². The summed E-state index contributed by atoms with van der Waals surface area (Å²) in [4.78, 5) is 16.6. The van der Waals surface area contributed by atoms with Crippen molar-refractivity contribution in [2.45, 2.75) is 13.1 Å². The third-order valence-electron chi connectivity index (χ3n) is 4.46. The van der Waals surface area contributed by atoms with E-state index in [1.807, 2.05) is 19.1 Å². The Bertz CT molecular complexity index is 1270. The van der Waals surface area contributed by atoms with E-state index in [4.69, 9.17) is 4.74 Å². The van der Waals surface area contributed by atoms with Crippen LogP contribution in [0.4, 0.5) is 23.2 Å². The largest absolute Gasteiger partial charge is 0.439 e. The molecule has 1 amide bonds. The van der Waals surface area contributed by atoms with Gasteiger partial charge >= 0.3 is 6.18 Å². The third kappa shape index (κ3) is 4.97. The van der Waals surface area contributed by atoms with Crippen LogP contribution in [0.5, 0.6) is 11.6 Å². The van der Waals surface area contributed by atoms with Crippen molar-refractivity contribution >= 4 is 11.6 Å². The zero-order valence-corrected chi connectivity index (χ0v) is 17.0. The van der Waals surface area contributed by atoms with Gasteiger partial charge in [0.25, 0.3) is 5.91 Å². The molecule has 4 rings (SSSR count). The van der Waals surface area contributed by atoms with E-state index in [9.17, 15) is 22.4 Å². The van der Waals surface area contributed by atoms with E-state index in [1.165, 1.54) is 18.3 Å². The Labute approximate surface area is 184 Å².